The van der Waals surface area contributed by atoms with Crippen molar-refractivity contribution in [1.29, 1.82) is 0 Å². The molecule has 5 aliphatic rings. The first-order chi connectivity index (χ1) is 18.8. The first kappa shape index (κ1) is 27.2. The number of fused-ring (bicyclic) bond motifs is 6. The maximum Gasteiger partial charge on any atom is 0.426 e. The molecule has 214 valence electrons. The van der Waals surface area contributed by atoms with Crippen LogP contribution in [-0.2, 0) is 33.5 Å². The van der Waals surface area contributed by atoms with Crippen LogP contribution in [0.15, 0.2) is 42.6 Å². The van der Waals surface area contributed by atoms with E-state index in [0.29, 0.717) is 83.2 Å². The fourth-order valence-electron chi connectivity index (χ4n) is 8.22. The monoisotopic (exact) mass is 558 g/mol. The number of carbonyl (C=O) groups excluding carboxylic acids is 1. The van der Waals surface area contributed by atoms with E-state index in [4.69, 9.17) is 0 Å². The molecule has 1 aromatic carbocycles. The molecule has 0 spiro atoms. The molecule has 9 heteroatoms. The molecule has 3 unspecified atom stereocenters. The summed E-state index contributed by atoms with van der Waals surface area (Å²) in [5, 5.41) is 9.80. The molecule has 2 heterocycles. The number of benzene rings is 1. The van der Waals surface area contributed by atoms with E-state index in [0.717, 1.165) is 11.3 Å². The summed E-state index contributed by atoms with van der Waals surface area (Å²) in [6.07, 6.45) is 2.10. The van der Waals surface area contributed by atoms with Crippen LogP contribution in [-0.4, -0.2) is 45.6 Å². The summed E-state index contributed by atoms with van der Waals surface area (Å²) in [5.41, 5.74) is -3.26. The number of hydrogen-bond donors (Lipinski definition) is 1. The highest BCUT2D eigenvalue weighted by Crippen LogP contribution is 2.59. The van der Waals surface area contributed by atoms with E-state index in [1.165, 1.54) is 12.1 Å². The Morgan fingerprint density at radius 2 is 1.68 bits per heavy atom. The number of halogens is 4. The van der Waals surface area contributed by atoms with Crippen molar-refractivity contribution in [2.45, 2.75) is 94.4 Å². The molecule has 2 bridgehead atoms. The van der Waals surface area contributed by atoms with Crippen molar-refractivity contribution in [2.75, 3.05) is 6.54 Å². The van der Waals surface area contributed by atoms with Crippen LogP contribution in [0.1, 0.15) is 80.7 Å². The highest BCUT2D eigenvalue weighted by molar-refractivity contribution is 5.85. The van der Waals surface area contributed by atoms with Crippen LogP contribution in [0.5, 0.6) is 0 Å². The minimum Gasteiger partial charge on any atom is -0.481 e. The zero-order valence-corrected chi connectivity index (χ0v) is 22.6. The lowest BCUT2D eigenvalue weighted by Crippen LogP contribution is -2.56. The number of aliphatic carboxylic acids is 1. The van der Waals surface area contributed by atoms with Crippen LogP contribution in [0, 0.1) is 10.8 Å². The fraction of sp³-hybridized carbons (Fsp3) is 0.581. The standard InChI is InChI=1S/C31H34F4N2O3/c1-27(32,31(33,34)35)21-6-7-23-20(18-21)5-8-24-30(23,19-22-4-2-3-16-36-22)15-17-37(24)25(38)28-9-12-29(13-10-28,14-11-28)26(39)40/h2-4,6-7,16,18,24H,5,8-15,17,19H2,1H3,(H,39,40). The third kappa shape index (κ3) is 3.90. The summed E-state index contributed by atoms with van der Waals surface area (Å²) >= 11 is 0. The summed E-state index contributed by atoms with van der Waals surface area (Å²) in [7, 11) is 0. The second-order valence-electron chi connectivity index (χ2n) is 12.7. The van der Waals surface area contributed by atoms with Crippen molar-refractivity contribution in [3.05, 3.63) is 65.0 Å². The van der Waals surface area contributed by atoms with Gasteiger partial charge >= 0.3 is 12.1 Å². The minimum atomic E-state index is -5.03. The van der Waals surface area contributed by atoms with Crippen LogP contribution in [0.25, 0.3) is 0 Å². The van der Waals surface area contributed by atoms with Gasteiger partial charge in [0.1, 0.15) is 0 Å². The molecule has 4 aliphatic carbocycles. The smallest absolute Gasteiger partial charge is 0.426 e. The molecule has 1 aromatic heterocycles. The first-order valence-electron chi connectivity index (χ1n) is 14.2. The Labute approximate surface area is 231 Å². The van der Waals surface area contributed by atoms with Gasteiger partial charge < -0.3 is 10.0 Å². The minimum absolute atomic E-state index is 0.0903. The van der Waals surface area contributed by atoms with E-state index in [1.807, 2.05) is 23.1 Å². The first-order valence-corrected chi connectivity index (χ1v) is 14.2. The Kier molecular flexibility index (Phi) is 6.13. The number of carbonyl (C=O) groups is 2. The lowest BCUT2D eigenvalue weighted by molar-refractivity contribution is -0.228. The SMILES string of the molecule is CC(F)(c1ccc2c(c1)CCC1N(C(=O)C34CCC(C(=O)O)(CC3)CC4)CCC21Cc1ccccn1)C(F)(F)F. The highest BCUT2D eigenvalue weighted by atomic mass is 19.4. The largest absolute Gasteiger partial charge is 0.481 e. The topological polar surface area (TPSA) is 70.5 Å². The molecule has 5 nitrogen and oxygen atoms in total. The number of pyridine rings is 1. The number of aromatic nitrogens is 1. The average molecular weight is 559 g/mol. The van der Waals surface area contributed by atoms with E-state index < -0.39 is 39.6 Å². The van der Waals surface area contributed by atoms with Gasteiger partial charge in [-0.25, -0.2) is 4.39 Å². The molecule has 2 aromatic rings. The van der Waals surface area contributed by atoms with Gasteiger partial charge in [-0.15, -0.1) is 0 Å². The molecule has 1 N–H and O–H groups in total. The van der Waals surface area contributed by atoms with Gasteiger partial charge in [0.2, 0.25) is 11.6 Å². The Bertz CT molecular complexity index is 1320. The Morgan fingerprint density at radius 3 is 2.27 bits per heavy atom. The number of rotatable bonds is 5. The number of hydrogen-bond acceptors (Lipinski definition) is 3. The quantitative estimate of drug-likeness (QED) is 0.439. The Balaban J connectivity index is 1.36. The molecule has 40 heavy (non-hydrogen) atoms. The van der Waals surface area contributed by atoms with Crippen LogP contribution in [0.3, 0.4) is 0 Å². The second kappa shape index (κ2) is 9.02. The van der Waals surface area contributed by atoms with Gasteiger partial charge in [0.15, 0.2) is 0 Å². The Morgan fingerprint density at radius 1 is 1.00 bits per heavy atom. The van der Waals surface area contributed by atoms with Gasteiger partial charge in [-0.1, -0.05) is 24.3 Å². The number of amides is 1. The number of carboxylic acid groups (broad SMARTS) is 1. The molecule has 1 amide bonds. The van der Waals surface area contributed by atoms with Crippen molar-refractivity contribution in [3.63, 3.8) is 0 Å². The predicted molar refractivity (Wildman–Crippen MR) is 139 cm³/mol. The third-order valence-corrected chi connectivity index (χ3v) is 10.9. The van der Waals surface area contributed by atoms with Crippen LogP contribution in [0.2, 0.25) is 0 Å². The van der Waals surface area contributed by atoms with Gasteiger partial charge in [-0.3, -0.25) is 14.6 Å². The maximum atomic E-state index is 14.9. The second-order valence-corrected chi connectivity index (χ2v) is 12.7. The van der Waals surface area contributed by atoms with Crippen molar-refractivity contribution in [3.8, 4) is 0 Å². The molecule has 1 saturated heterocycles. The lowest BCUT2D eigenvalue weighted by Gasteiger charge is -2.52. The summed E-state index contributed by atoms with van der Waals surface area (Å²) in [4.78, 5) is 32.8. The summed E-state index contributed by atoms with van der Waals surface area (Å²) in [6.45, 7) is 1.08. The van der Waals surface area contributed by atoms with Crippen LogP contribution >= 0.6 is 0 Å². The van der Waals surface area contributed by atoms with Crippen LogP contribution in [0.4, 0.5) is 17.6 Å². The van der Waals surface area contributed by atoms with Crippen molar-refractivity contribution >= 4 is 11.9 Å². The molecular weight excluding hydrogens is 524 g/mol. The number of nitrogens with zero attached hydrogens (tertiary/aromatic N) is 2. The summed E-state index contributed by atoms with van der Waals surface area (Å²) in [5.74, 6) is -0.672. The number of aryl methyl sites for hydroxylation is 1. The van der Waals surface area contributed by atoms with Crippen molar-refractivity contribution < 1.29 is 32.3 Å². The molecule has 3 saturated carbocycles. The number of alkyl halides is 4. The molecule has 1 aliphatic heterocycles. The van der Waals surface area contributed by atoms with Crippen molar-refractivity contribution in [1.82, 2.24) is 9.88 Å². The highest BCUT2D eigenvalue weighted by Gasteiger charge is 2.60. The van der Waals surface area contributed by atoms with E-state index in [1.54, 1.807) is 12.3 Å². The van der Waals surface area contributed by atoms with E-state index in [9.17, 15) is 32.3 Å². The van der Waals surface area contributed by atoms with Gasteiger partial charge in [0.25, 0.3) is 0 Å². The normalized spacial score (nSPS) is 32.7. The van der Waals surface area contributed by atoms with E-state index in [-0.39, 0.29) is 11.9 Å². The van der Waals surface area contributed by atoms with Gasteiger partial charge in [-0.05, 0) is 93.5 Å². The van der Waals surface area contributed by atoms with Crippen molar-refractivity contribution in [2.24, 2.45) is 10.8 Å². The Hall–Kier alpha value is -2.97. The zero-order chi connectivity index (χ0) is 28.6. The summed E-state index contributed by atoms with van der Waals surface area (Å²) < 4.78 is 55.5. The molecular formula is C31H34F4N2O3. The summed E-state index contributed by atoms with van der Waals surface area (Å²) in [6, 6.07) is 9.76. The average Bonchev–Trinajstić information content (AvgIpc) is 3.32. The zero-order valence-electron chi connectivity index (χ0n) is 22.6. The van der Waals surface area contributed by atoms with Gasteiger partial charge in [-0.2, -0.15) is 13.2 Å². The van der Waals surface area contributed by atoms with E-state index >= 15 is 0 Å². The molecule has 3 atom stereocenters. The van der Waals surface area contributed by atoms with E-state index in [2.05, 4.69) is 4.98 Å². The molecule has 4 fully saturated rings. The lowest BCUT2D eigenvalue weighted by atomic mass is 9.53. The maximum absolute atomic E-state index is 14.9. The van der Waals surface area contributed by atoms with Gasteiger partial charge in [0, 0.05) is 41.7 Å². The number of carboxylic acids is 1. The van der Waals surface area contributed by atoms with Crippen LogP contribution < -0.4 is 0 Å². The molecule has 7 rings (SSSR count). The fourth-order valence-corrected chi connectivity index (χ4v) is 8.22. The third-order valence-electron chi connectivity index (χ3n) is 10.9. The van der Waals surface area contributed by atoms with Gasteiger partial charge in [0.05, 0.1) is 5.41 Å². The predicted octanol–water partition coefficient (Wildman–Crippen LogP) is 6.28. The molecule has 0 radical (unpaired) electrons. The number of likely N-dealkylation sites (tertiary alicyclic amines) is 1.